The summed E-state index contributed by atoms with van der Waals surface area (Å²) in [6.45, 7) is 4.55. The number of ether oxygens (including phenoxy) is 1. The number of thioether (sulfide) groups is 1. The fourth-order valence-electron chi connectivity index (χ4n) is 2.47. The first-order valence-electron chi connectivity index (χ1n) is 8.16. The van der Waals surface area contributed by atoms with E-state index in [0.29, 0.717) is 39.5 Å². The lowest BCUT2D eigenvalue weighted by Crippen LogP contribution is -2.27. The van der Waals surface area contributed by atoms with E-state index in [9.17, 15) is 9.59 Å². The zero-order valence-electron chi connectivity index (χ0n) is 14.4. The van der Waals surface area contributed by atoms with E-state index in [1.807, 2.05) is 13.0 Å². The monoisotopic (exact) mass is 387 g/mol. The van der Waals surface area contributed by atoms with Crippen LogP contribution in [0.5, 0.6) is 0 Å². The lowest BCUT2D eigenvalue weighted by atomic mass is 10.1. The van der Waals surface area contributed by atoms with Crippen LogP contribution >= 0.6 is 24.0 Å². The standard InChI is InChI=1S/C19H17NO4S2/c1-3-20-17(21)16(26-19(20)25)11-14-9-10-15(24-14)12-5-7-13(8-6-12)18(22)23-4-2/h5-11H,3-4H2,1-2H3/b16-11-. The molecule has 26 heavy (non-hydrogen) atoms. The summed E-state index contributed by atoms with van der Waals surface area (Å²) >= 11 is 6.48. The average molecular weight is 387 g/mol. The van der Waals surface area contributed by atoms with Crippen LogP contribution in [-0.2, 0) is 9.53 Å². The van der Waals surface area contributed by atoms with Crippen molar-refractivity contribution in [2.24, 2.45) is 0 Å². The Morgan fingerprint density at radius 1 is 1.23 bits per heavy atom. The highest BCUT2D eigenvalue weighted by molar-refractivity contribution is 8.26. The van der Waals surface area contributed by atoms with E-state index in [2.05, 4.69) is 0 Å². The Balaban J connectivity index is 1.78. The molecule has 0 N–H and O–H groups in total. The summed E-state index contributed by atoms with van der Waals surface area (Å²) in [5, 5.41) is 0. The number of hydrogen-bond acceptors (Lipinski definition) is 6. The van der Waals surface area contributed by atoms with Gasteiger partial charge in [-0.05, 0) is 38.1 Å². The Morgan fingerprint density at radius 3 is 2.58 bits per heavy atom. The Kier molecular flexibility index (Phi) is 5.58. The molecule has 0 spiro atoms. The van der Waals surface area contributed by atoms with Gasteiger partial charge in [-0.15, -0.1) is 0 Å². The van der Waals surface area contributed by atoms with E-state index in [1.165, 1.54) is 11.8 Å². The number of carbonyl (C=O) groups excluding carboxylic acids is 2. The molecule has 0 atom stereocenters. The normalized spacial score (nSPS) is 15.8. The zero-order valence-corrected chi connectivity index (χ0v) is 16.0. The second kappa shape index (κ2) is 7.88. The number of thiocarbonyl (C=S) groups is 1. The van der Waals surface area contributed by atoms with Gasteiger partial charge < -0.3 is 9.15 Å². The Labute approximate surface area is 161 Å². The summed E-state index contributed by atoms with van der Waals surface area (Å²) < 4.78 is 11.3. The van der Waals surface area contributed by atoms with Crippen LogP contribution in [0.1, 0.15) is 30.0 Å². The largest absolute Gasteiger partial charge is 0.462 e. The molecule has 1 aromatic heterocycles. The van der Waals surface area contributed by atoms with Crippen LogP contribution in [0.3, 0.4) is 0 Å². The van der Waals surface area contributed by atoms with Gasteiger partial charge in [0.1, 0.15) is 15.8 Å². The molecule has 3 rings (SSSR count). The van der Waals surface area contributed by atoms with Gasteiger partial charge in [0.15, 0.2) is 0 Å². The first-order valence-corrected chi connectivity index (χ1v) is 9.38. The van der Waals surface area contributed by atoms with Gasteiger partial charge in [-0.2, -0.15) is 0 Å². The van der Waals surface area contributed by atoms with Crippen LogP contribution in [0.4, 0.5) is 0 Å². The van der Waals surface area contributed by atoms with Crippen molar-refractivity contribution in [1.82, 2.24) is 4.90 Å². The highest BCUT2D eigenvalue weighted by Gasteiger charge is 2.30. The van der Waals surface area contributed by atoms with Gasteiger partial charge in [-0.25, -0.2) is 4.79 Å². The van der Waals surface area contributed by atoms with Crippen molar-refractivity contribution < 1.29 is 18.7 Å². The molecule has 0 radical (unpaired) electrons. The van der Waals surface area contributed by atoms with Gasteiger partial charge in [-0.3, -0.25) is 9.69 Å². The number of esters is 1. The van der Waals surface area contributed by atoms with Crippen LogP contribution in [0.15, 0.2) is 45.7 Å². The molecule has 2 heterocycles. The average Bonchev–Trinajstić information content (AvgIpc) is 3.20. The van der Waals surface area contributed by atoms with E-state index in [4.69, 9.17) is 21.4 Å². The van der Waals surface area contributed by atoms with E-state index in [1.54, 1.807) is 48.2 Å². The van der Waals surface area contributed by atoms with E-state index < -0.39 is 0 Å². The molecular weight excluding hydrogens is 370 g/mol. The molecule has 0 aliphatic carbocycles. The van der Waals surface area contributed by atoms with Crippen molar-refractivity contribution in [2.45, 2.75) is 13.8 Å². The summed E-state index contributed by atoms with van der Waals surface area (Å²) in [6, 6.07) is 10.6. The van der Waals surface area contributed by atoms with Crippen molar-refractivity contribution in [2.75, 3.05) is 13.2 Å². The first-order chi connectivity index (χ1) is 12.5. The number of likely N-dealkylation sites (N-methyl/N-ethyl adjacent to an activating group) is 1. The molecule has 1 aromatic carbocycles. The highest BCUT2D eigenvalue weighted by atomic mass is 32.2. The summed E-state index contributed by atoms with van der Waals surface area (Å²) in [5.74, 6) is 0.778. The number of amides is 1. The molecule has 5 nitrogen and oxygen atoms in total. The van der Waals surface area contributed by atoms with Gasteiger partial charge >= 0.3 is 5.97 Å². The number of rotatable bonds is 5. The number of hydrogen-bond donors (Lipinski definition) is 0. The fourth-order valence-corrected chi connectivity index (χ4v) is 3.84. The SMILES string of the molecule is CCOC(=O)c1ccc(-c2ccc(/C=C3\SC(=S)N(CC)C3=O)o2)cc1. The zero-order chi connectivity index (χ0) is 18.7. The summed E-state index contributed by atoms with van der Waals surface area (Å²) in [4.78, 5) is 26.1. The van der Waals surface area contributed by atoms with Crippen LogP contribution in [-0.4, -0.2) is 34.2 Å². The number of benzene rings is 1. The molecule has 1 aliphatic heterocycles. The van der Waals surface area contributed by atoms with Crippen molar-refractivity contribution in [3.63, 3.8) is 0 Å². The summed E-state index contributed by atoms with van der Waals surface area (Å²) in [6.07, 6.45) is 1.70. The molecule has 0 unspecified atom stereocenters. The maximum Gasteiger partial charge on any atom is 0.338 e. The first kappa shape index (κ1) is 18.4. The molecule has 0 bridgehead atoms. The third kappa shape index (κ3) is 3.73. The van der Waals surface area contributed by atoms with Gasteiger partial charge in [0.25, 0.3) is 5.91 Å². The second-order valence-corrected chi connectivity index (χ2v) is 7.10. The van der Waals surface area contributed by atoms with E-state index in [0.717, 1.165) is 5.56 Å². The molecular formula is C19H17NO4S2. The number of nitrogens with zero attached hydrogens (tertiary/aromatic N) is 1. The van der Waals surface area contributed by atoms with Crippen LogP contribution < -0.4 is 0 Å². The predicted octanol–water partition coefficient (Wildman–Crippen LogP) is 4.34. The minimum atomic E-state index is -0.350. The molecule has 7 heteroatoms. The molecule has 1 aliphatic rings. The van der Waals surface area contributed by atoms with Crippen LogP contribution in [0.25, 0.3) is 17.4 Å². The molecule has 2 aromatic rings. The predicted molar refractivity (Wildman–Crippen MR) is 106 cm³/mol. The summed E-state index contributed by atoms with van der Waals surface area (Å²) in [7, 11) is 0. The smallest absolute Gasteiger partial charge is 0.338 e. The highest BCUT2D eigenvalue weighted by Crippen LogP contribution is 2.33. The third-order valence-corrected chi connectivity index (χ3v) is 5.15. The van der Waals surface area contributed by atoms with Crippen molar-refractivity contribution in [3.05, 3.63) is 52.6 Å². The van der Waals surface area contributed by atoms with Crippen LogP contribution in [0.2, 0.25) is 0 Å². The van der Waals surface area contributed by atoms with Crippen LogP contribution in [0, 0.1) is 0 Å². The lowest BCUT2D eigenvalue weighted by molar-refractivity contribution is -0.122. The van der Waals surface area contributed by atoms with E-state index >= 15 is 0 Å². The Hall–Kier alpha value is -2.38. The number of carbonyl (C=O) groups is 2. The maximum atomic E-state index is 12.2. The van der Waals surface area contributed by atoms with Crippen molar-refractivity contribution in [1.29, 1.82) is 0 Å². The molecule has 1 fully saturated rings. The Bertz CT molecular complexity index is 883. The van der Waals surface area contributed by atoms with Gasteiger partial charge in [0.05, 0.1) is 17.1 Å². The van der Waals surface area contributed by atoms with Gasteiger partial charge in [0, 0.05) is 18.2 Å². The topological polar surface area (TPSA) is 59.8 Å². The molecule has 1 saturated heterocycles. The minimum Gasteiger partial charge on any atom is -0.462 e. The van der Waals surface area contributed by atoms with Gasteiger partial charge in [-0.1, -0.05) is 36.1 Å². The van der Waals surface area contributed by atoms with Crippen molar-refractivity contribution >= 4 is 46.3 Å². The molecule has 0 saturated carbocycles. The minimum absolute atomic E-state index is 0.0979. The molecule has 134 valence electrons. The number of furan rings is 1. The fraction of sp³-hybridized carbons (Fsp3) is 0.211. The maximum absolute atomic E-state index is 12.2. The van der Waals surface area contributed by atoms with Crippen molar-refractivity contribution in [3.8, 4) is 11.3 Å². The molecule has 1 amide bonds. The summed E-state index contributed by atoms with van der Waals surface area (Å²) in [5.41, 5.74) is 1.32. The third-order valence-electron chi connectivity index (χ3n) is 3.77. The van der Waals surface area contributed by atoms with Gasteiger partial charge in [0.2, 0.25) is 0 Å². The second-order valence-electron chi connectivity index (χ2n) is 5.43. The lowest BCUT2D eigenvalue weighted by Gasteiger charge is -2.09. The van der Waals surface area contributed by atoms with E-state index in [-0.39, 0.29) is 11.9 Å². The quantitative estimate of drug-likeness (QED) is 0.432. The Morgan fingerprint density at radius 2 is 1.96 bits per heavy atom.